The van der Waals surface area contributed by atoms with Gasteiger partial charge in [0, 0.05) is 58.4 Å². The molecule has 1 aliphatic rings. The molecule has 0 bridgehead atoms. The first-order valence-corrected chi connectivity index (χ1v) is 10.3. The summed E-state index contributed by atoms with van der Waals surface area (Å²) in [5.41, 5.74) is 5.15. The van der Waals surface area contributed by atoms with Crippen LogP contribution >= 0.6 is 35.3 Å². The number of hydrogen-bond donors (Lipinski definition) is 1. The summed E-state index contributed by atoms with van der Waals surface area (Å²) < 4.78 is 0. The molecule has 2 aromatic rings. The van der Waals surface area contributed by atoms with Crippen molar-refractivity contribution in [3.05, 3.63) is 40.4 Å². The fraction of sp³-hybridized carbons (Fsp3) is 0.500. The molecule has 1 aromatic carbocycles. The predicted molar refractivity (Wildman–Crippen MR) is 132 cm³/mol. The third-order valence-corrected chi connectivity index (χ3v) is 6.11. The molecule has 1 saturated heterocycles. The zero-order chi connectivity index (χ0) is 19.4. The minimum Gasteiger partial charge on any atom is -0.368 e. The molecule has 0 spiro atoms. The topological polar surface area (TPSA) is 47.0 Å². The zero-order valence-corrected chi connectivity index (χ0v) is 20.5. The molecule has 2 heterocycles. The highest BCUT2D eigenvalue weighted by Crippen LogP contribution is 2.24. The number of nitrogens with zero attached hydrogens (tertiary/aromatic N) is 5. The molecule has 6 nitrogen and oxygen atoms in total. The monoisotopic (exact) mass is 514 g/mol. The zero-order valence-electron chi connectivity index (χ0n) is 17.4. The molecule has 3 rings (SSSR count). The Labute approximate surface area is 189 Å². The largest absolute Gasteiger partial charge is 0.368 e. The molecule has 0 radical (unpaired) electrons. The van der Waals surface area contributed by atoms with Gasteiger partial charge in [0.15, 0.2) is 11.1 Å². The first kappa shape index (κ1) is 22.7. The Balaban J connectivity index is 0.00000280. The van der Waals surface area contributed by atoms with Crippen LogP contribution in [0.4, 0.5) is 10.8 Å². The van der Waals surface area contributed by atoms with E-state index in [1.807, 2.05) is 26.0 Å². The molecule has 1 aromatic heterocycles. The number of nitrogens with one attached hydrogen (secondary N) is 1. The van der Waals surface area contributed by atoms with Crippen LogP contribution in [0.3, 0.4) is 0 Å². The fourth-order valence-electron chi connectivity index (χ4n) is 3.32. The van der Waals surface area contributed by atoms with Crippen LogP contribution in [0.25, 0.3) is 0 Å². The van der Waals surface area contributed by atoms with E-state index in [1.165, 1.54) is 16.8 Å². The lowest BCUT2D eigenvalue weighted by atomic mass is 10.1. The van der Waals surface area contributed by atoms with E-state index in [0.717, 1.165) is 43.0 Å². The average molecular weight is 514 g/mol. The van der Waals surface area contributed by atoms with Crippen LogP contribution in [0.2, 0.25) is 0 Å². The van der Waals surface area contributed by atoms with Gasteiger partial charge in [-0.1, -0.05) is 12.1 Å². The second-order valence-electron chi connectivity index (χ2n) is 7.11. The molecule has 0 saturated carbocycles. The first-order valence-electron chi connectivity index (χ1n) is 9.38. The molecule has 0 atom stereocenters. The summed E-state index contributed by atoms with van der Waals surface area (Å²) in [6, 6.07) is 6.57. The van der Waals surface area contributed by atoms with Gasteiger partial charge in [-0.05, 0) is 31.0 Å². The van der Waals surface area contributed by atoms with Crippen molar-refractivity contribution in [2.45, 2.75) is 20.4 Å². The van der Waals surface area contributed by atoms with Crippen molar-refractivity contribution in [2.75, 3.05) is 57.1 Å². The summed E-state index contributed by atoms with van der Waals surface area (Å²) in [4.78, 5) is 16.0. The number of hydrogen-bond acceptors (Lipinski definition) is 5. The van der Waals surface area contributed by atoms with Gasteiger partial charge in [0.1, 0.15) is 0 Å². The quantitative estimate of drug-likeness (QED) is 0.386. The number of halogens is 1. The van der Waals surface area contributed by atoms with Crippen LogP contribution < -0.4 is 15.1 Å². The van der Waals surface area contributed by atoms with Gasteiger partial charge in [-0.2, -0.15) is 0 Å². The Morgan fingerprint density at radius 3 is 2.54 bits per heavy atom. The lowest BCUT2D eigenvalue weighted by molar-refractivity contribution is 0.372. The van der Waals surface area contributed by atoms with Gasteiger partial charge in [0.05, 0.1) is 12.2 Å². The maximum Gasteiger partial charge on any atom is 0.194 e. The highest BCUT2D eigenvalue weighted by molar-refractivity contribution is 14.0. The van der Waals surface area contributed by atoms with E-state index in [-0.39, 0.29) is 24.0 Å². The number of piperazine rings is 1. The number of guanidine groups is 1. The standard InChI is InChI=1S/C20H30N6S.HI/c1-15-7-6-8-18(16(15)2)25-9-11-26(12-10-25)19(21-3)22-13-17-14-27-20(23-17)24(4)5;/h6-8,14H,9-13H2,1-5H3,(H,21,22);1H. The molecule has 0 amide bonds. The van der Waals surface area contributed by atoms with E-state index in [9.17, 15) is 0 Å². The van der Waals surface area contributed by atoms with Gasteiger partial charge in [-0.15, -0.1) is 35.3 Å². The van der Waals surface area contributed by atoms with Crippen LogP contribution in [0.5, 0.6) is 0 Å². The number of rotatable bonds is 4. The minimum atomic E-state index is 0. The van der Waals surface area contributed by atoms with Crippen LogP contribution in [0.1, 0.15) is 16.8 Å². The van der Waals surface area contributed by atoms with Crippen molar-refractivity contribution in [2.24, 2.45) is 4.99 Å². The molecular formula is C20H31IN6S. The van der Waals surface area contributed by atoms with E-state index < -0.39 is 0 Å². The fourth-order valence-corrected chi connectivity index (χ4v) is 4.08. The van der Waals surface area contributed by atoms with Crippen molar-refractivity contribution in [3.63, 3.8) is 0 Å². The van der Waals surface area contributed by atoms with Gasteiger partial charge >= 0.3 is 0 Å². The summed E-state index contributed by atoms with van der Waals surface area (Å²) in [7, 11) is 5.89. The van der Waals surface area contributed by atoms with Crippen LogP contribution in [0, 0.1) is 13.8 Å². The molecule has 154 valence electrons. The number of thiazole rings is 1. The predicted octanol–water partition coefficient (Wildman–Crippen LogP) is 3.34. The van der Waals surface area contributed by atoms with Crippen molar-refractivity contribution in [1.82, 2.24) is 15.2 Å². The van der Waals surface area contributed by atoms with Gasteiger partial charge in [0.2, 0.25) is 0 Å². The van der Waals surface area contributed by atoms with Crippen molar-refractivity contribution in [3.8, 4) is 0 Å². The summed E-state index contributed by atoms with van der Waals surface area (Å²) in [6.45, 7) is 9.04. The summed E-state index contributed by atoms with van der Waals surface area (Å²) in [5, 5.41) is 6.60. The van der Waals surface area contributed by atoms with E-state index in [4.69, 9.17) is 0 Å². The summed E-state index contributed by atoms with van der Waals surface area (Å²) in [6.07, 6.45) is 0. The Hall–Kier alpha value is -1.55. The molecular weight excluding hydrogens is 483 g/mol. The normalized spacial score (nSPS) is 14.7. The van der Waals surface area contributed by atoms with Crippen LogP contribution in [0.15, 0.2) is 28.6 Å². The molecule has 1 N–H and O–H groups in total. The maximum absolute atomic E-state index is 4.63. The van der Waals surface area contributed by atoms with E-state index in [1.54, 1.807) is 11.3 Å². The Morgan fingerprint density at radius 2 is 1.93 bits per heavy atom. The molecule has 28 heavy (non-hydrogen) atoms. The van der Waals surface area contributed by atoms with E-state index >= 15 is 0 Å². The summed E-state index contributed by atoms with van der Waals surface area (Å²) in [5.74, 6) is 0.954. The molecule has 0 aliphatic carbocycles. The third kappa shape index (κ3) is 5.28. The van der Waals surface area contributed by atoms with Crippen molar-refractivity contribution < 1.29 is 0 Å². The number of aromatic nitrogens is 1. The highest BCUT2D eigenvalue weighted by atomic mass is 127. The average Bonchev–Trinajstić information content (AvgIpc) is 3.14. The van der Waals surface area contributed by atoms with Crippen LogP contribution in [-0.2, 0) is 6.54 Å². The smallest absolute Gasteiger partial charge is 0.194 e. The van der Waals surface area contributed by atoms with Gasteiger partial charge < -0.3 is 20.0 Å². The number of anilines is 2. The number of aliphatic imine (C=N–C) groups is 1. The van der Waals surface area contributed by atoms with E-state index in [0.29, 0.717) is 6.54 Å². The summed E-state index contributed by atoms with van der Waals surface area (Å²) >= 11 is 1.67. The number of aryl methyl sites for hydroxylation is 1. The maximum atomic E-state index is 4.63. The Bertz CT molecular complexity index is 796. The van der Waals surface area contributed by atoms with Gasteiger partial charge in [-0.25, -0.2) is 4.98 Å². The minimum absolute atomic E-state index is 0. The van der Waals surface area contributed by atoms with Gasteiger partial charge in [-0.3, -0.25) is 4.99 Å². The lowest BCUT2D eigenvalue weighted by Gasteiger charge is -2.38. The van der Waals surface area contributed by atoms with Crippen molar-refractivity contribution >= 4 is 52.1 Å². The lowest BCUT2D eigenvalue weighted by Crippen LogP contribution is -2.52. The second-order valence-corrected chi connectivity index (χ2v) is 7.95. The molecule has 1 fully saturated rings. The second kappa shape index (κ2) is 10.3. The van der Waals surface area contributed by atoms with Gasteiger partial charge in [0.25, 0.3) is 0 Å². The Morgan fingerprint density at radius 1 is 1.21 bits per heavy atom. The third-order valence-electron chi connectivity index (χ3n) is 5.06. The molecule has 0 unspecified atom stereocenters. The molecule has 8 heteroatoms. The number of benzene rings is 1. The van der Waals surface area contributed by atoms with Crippen molar-refractivity contribution in [1.29, 1.82) is 0 Å². The first-order chi connectivity index (χ1) is 13.0. The molecule has 1 aliphatic heterocycles. The van der Waals surface area contributed by atoms with Crippen LogP contribution in [-0.4, -0.2) is 63.2 Å². The Kier molecular flexibility index (Phi) is 8.36. The SMILES string of the molecule is CN=C(NCc1csc(N(C)C)n1)N1CCN(c2cccc(C)c2C)CC1.I. The highest BCUT2D eigenvalue weighted by Gasteiger charge is 2.21. The van der Waals surface area contributed by atoms with E-state index in [2.05, 4.69) is 62.5 Å².